The van der Waals surface area contributed by atoms with Gasteiger partial charge in [-0.15, -0.1) is 0 Å². The SMILES string of the molecule is O=C1[C@@H](NS(=O)(=O)c2ccc(F)cc2F)CCN1c1ccc(F)cc1. The molecule has 0 radical (unpaired) electrons. The summed E-state index contributed by atoms with van der Waals surface area (Å²) in [5.74, 6) is -3.14. The second kappa shape index (κ2) is 6.49. The van der Waals surface area contributed by atoms with Crippen molar-refractivity contribution >= 4 is 21.6 Å². The van der Waals surface area contributed by atoms with Gasteiger partial charge in [0.15, 0.2) is 0 Å². The number of nitrogens with one attached hydrogen (secondary N) is 1. The van der Waals surface area contributed by atoms with Gasteiger partial charge in [-0.2, -0.15) is 4.72 Å². The summed E-state index contributed by atoms with van der Waals surface area (Å²) in [6.45, 7) is 0.226. The lowest BCUT2D eigenvalue weighted by Crippen LogP contribution is -2.41. The largest absolute Gasteiger partial charge is 0.311 e. The van der Waals surface area contributed by atoms with Gasteiger partial charge in [-0.1, -0.05) is 0 Å². The van der Waals surface area contributed by atoms with Crippen molar-refractivity contribution in [2.24, 2.45) is 0 Å². The molecule has 2 aromatic rings. The molecule has 1 atom stereocenters. The molecule has 0 aliphatic carbocycles. The third-order valence-corrected chi connectivity index (χ3v) is 5.33. The van der Waals surface area contributed by atoms with Crippen molar-refractivity contribution in [1.29, 1.82) is 0 Å². The van der Waals surface area contributed by atoms with E-state index in [1.165, 1.54) is 29.2 Å². The monoisotopic (exact) mass is 370 g/mol. The number of carbonyl (C=O) groups is 1. The summed E-state index contributed by atoms with van der Waals surface area (Å²) < 4.78 is 66.3. The van der Waals surface area contributed by atoms with E-state index in [0.717, 1.165) is 12.1 Å². The first-order valence-electron chi connectivity index (χ1n) is 7.32. The second-order valence-corrected chi connectivity index (χ2v) is 7.19. The number of hydrogen-bond donors (Lipinski definition) is 1. The molecule has 132 valence electrons. The predicted octanol–water partition coefficient (Wildman–Crippen LogP) is 2.19. The van der Waals surface area contributed by atoms with Crippen LogP contribution in [0, 0.1) is 17.5 Å². The Balaban J connectivity index is 1.79. The molecular formula is C16H13F3N2O3S. The lowest BCUT2D eigenvalue weighted by molar-refractivity contribution is -0.118. The van der Waals surface area contributed by atoms with Gasteiger partial charge in [0.25, 0.3) is 0 Å². The molecule has 2 aromatic carbocycles. The van der Waals surface area contributed by atoms with Gasteiger partial charge < -0.3 is 4.90 Å². The average Bonchev–Trinajstić information content (AvgIpc) is 2.88. The second-order valence-electron chi connectivity index (χ2n) is 5.50. The molecule has 1 saturated heterocycles. The van der Waals surface area contributed by atoms with Crippen molar-refractivity contribution in [2.75, 3.05) is 11.4 Å². The molecule has 0 bridgehead atoms. The van der Waals surface area contributed by atoms with Gasteiger partial charge in [0.05, 0.1) is 0 Å². The van der Waals surface area contributed by atoms with E-state index < -0.39 is 44.3 Å². The Kier molecular flexibility index (Phi) is 4.53. The highest BCUT2D eigenvalue weighted by Crippen LogP contribution is 2.23. The maximum absolute atomic E-state index is 13.7. The molecule has 1 aliphatic heterocycles. The first-order chi connectivity index (χ1) is 11.8. The van der Waals surface area contributed by atoms with Crippen LogP contribution in [-0.2, 0) is 14.8 Å². The van der Waals surface area contributed by atoms with Crippen LogP contribution in [0.2, 0.25) is 0 Å². The van der Waals surface area contributed by atoms with E-state index >= 15 is 0 Å². The van der Waals surface area contributed by atoms with Crippen molar-refractivity contribution in [1.82, 2.24) is 4.72 Å². The Morgan fingerprint density at radius 1 is 1.00 bits per heavy atom. The standard InChI is InChI=1S/C16H13F3N2O3S/c17-10-1-4-12(5-2-10)21-8-7-14(16(21)22)20-25(23,24)15-6-3-11(18)9-13(15)19/h1-6,9,14,20H,7-8H2/t14-/m0/s1. The summed E-state index contributed by atoms with van der Waals surface area (Å²) in [7, 11) is -4.34. The lowest BCUT2D eigenvalue weighted by Gasteiger charge is -2.17. The molecule has 1 fully saturated rings. The van der Waals surface area contributed by atoms with Crippen molar-refractivity contribution < 1.29 is 26.4 Å². The zero-order chi connectivity index (χ0) is 18.2. The lowest BCUT2D eigenvalue weighted by atomic mass is 10.3. The zero-order valence-electron chi connectivity index (χ0n) is 12.7. The van der Waals surface area contributed by atoms with E-state index in [4.69, 9.17) is 0 Å². The van der Waals surface area contributed by atoms with Gasteiger partial charge in [-0.05, 0) is 42.8 Å². The van der Waals surface area contributed by atoms with Crippen LogP contribution in [0.1, 0.15) is 6.42 Å². The molecule has 5 nitrogen and oxygen atoms in total. The fraction of sp³-hybridized carbons (Fsp3) is 0.188. The number of nitrogens with zero attached hydrogens (tertiary/aromatic N) is 1. The van der Waals surface area contributed by atoms with Crippen molar-refractivity contribution in [3.8, 4) is 0 Å². The van der Waals surface area contributed by atoms with Crippen LogP contribution >= 0.6 is 0 Å². The highest BCUT2D eigenvalue weighted by atomic mass is 32.2. The molecule has 0 unspecified atom stereocenters. The van der Waals surface area contributed by atoms with Crippen molar-refractivity contribution in [2.45, 2.75) is 17.4 Å². The quantitative estimate of drug-likeness (QED) is 0.897. The van der Waals surface area contributed by atoms with E-state index in [1.807, 2.05) is 0 Å². The van der Waals surface area contributed by atoms with Gasteiger partial charge in [0.1, 0.15) is 28.4 Å². The molecule has 3 rings (SSSR count). The van der Waals surface area contributed by atoms with Crippen molar-refractivity contribution in [3.63, 3.8) is 0 Å². The number of rotatable bonds is 4. The minimum atomic E-state index is -4.34. The molecule has 0 aromatic heterocycles. The summed E-state index contributed by atoms with van der Waals surface area (Å²) in [4.78, 5) is 13.0. The molecule has 1 aliphatic rings. The Hall–Kier alpha value is -2.39. The van der Waals surface area contributed by atoms with E-state index in [1.54, 1.807) is 0 Å². The molecule has 1 N–H and O–H groups in total. The maximum Gasteiger partial charge on any atom is 0.245 e. The number of sulfonamides is 1. The number of carbonyl (C=O) groups excluding carboxylic acids is 1. The van der Waals surface area contributed by atoms with E-state index in [9.17, 15) is 26.4 Å². The summed E-state index contributed by atoms with van der Waals surface area (Å²) in [6, 6.07) is 6.17. The normalized spacial score (nSPS) is 18.0. The number of halogens is 3. The first-order valence-corrected chi connectivity index (χ1v) is 8.80. The molecular weight excluding hydrogens is 357 g/mol. The van der Waals surface area contributed by atoms with Crippen LogP contribution in [0.4, 0.5) is 18.9 Å². The van der Waals surface area contributed by atoms with Gasteiger partial charge in [-0.25, -0.2) is 21.6 Å². The summed E-state index contributed by atoms with van der Waals surface area (Å²) in [5, 5.41) is 0. The van der Waals surface area contributed by atoms with E-state index in [0.29, 0.717) is 11.8 Å². The fourth-order valence-electron chi connectivity index (χ4n) is 2.61. The highest BCUT2D eigenvalue weighted by molar-refractivity contribution is 7.89. The van der Waals surface area contributed by atoms with Gasteiger partial charge in [0.2, 0.25) is 15.9 Å². The average molecular weight is 370 g/mol. The maximum atomic E-state index is 13.7. The Morgan fingerprint density at radius 2 is 1.64 bits per heavy atom. The molecule has 1 heterocycles. The van der Waals surface area contributed by atoms with Crippen LogP contribution in [0.3, 0.4) is 0 Å². The molecule has 9 heteroatoms. The minimum absolute atomic E-state index is 0.165. The van der Waals surface area contributed by atoms with Gasteiger partial charge >= 0.3 is 0 Å². The summed E-state index contributed by atoms with van der Waals surface area (Å²) in [5.41, 5.74) is 0.432. The number of anilines is 1. The van der Waals surface area contributed by atoms with E-state index in [-0.39, 0.29) is 13.0 Å². The van der Waals surface area contributed by atoms with Gasteiger partial charge in [0, 0.05) is 18.3 Å². The van der Waals surface area contributed by atoms with Crippen LogP contribution < -0.4 is 9.62 Å². The highest BCUT2D eigenvalue weighted by Gasteiger charge is 2.36. The predicted molar refractivity (Wildman–Crippen MR) is 83.8 cm³/mol. The van der Waals surface area contributed by atoms with Crippen LogP contribution in [0.25, 0.3) is 0 Å². The minimum Gasteiger partial charge on any atom is -0.311 e. The van der Waals surface area contributed by atoms with Crippen LogP contribution in [0.5, 0.6) is 0 Å². The Labute approximate surface area is 142 Å². The third kappa shape index (κ3) is 3.52. The summed E-state index contributed by atoms with van der Waals surface area (Å²) in [6.07, 6.45) is 0.165. The molecule has 0 saturated carbocycles. The molecule has 1 amide bonds. The molecule has 0 spiro atoms. The Bertz CT molecular complexity index is 917. The molecule has 25 heavy (non-hydrogen) atoms. The topological polar surface area (TPSA) is 66.5 Å². The number of hydrogen-bond acceptors (Lipinski definition) is 3. The third-order valence-electron chi connectivity index (χ3n) is 3.82. The first kappa shape index (κ1) is 17.4. The summed E-state index contributed by atoms with van der Waals surface area (Å²) >= 11 is 0. The zero-order valence-corrected chi connectivity index (χ0v) is 13.6. The van der Waals surface area contributed by atoms with Crippen molar-refractivity contribution in [3.05, 3.63) is 59.9 Å². The smallest absolute Gasteiger partial charge is 0.245 e. The van der Waals surface area contributed by atoms with Crippen LogP contribution in [0.15, 0.2) is 47.4 Å². The van der Waals surface area contributed by atoms with Crippen LogP contribution in [-0.4, -0.2) is 26.9 Å². The fourth-order valence-corrected chi connectivity index (χ4v) is 3.89. The Morgan fingerprint density at radius 3 is 2.28 bits per heavy atom. The van der Waals surface area contributed by atoms with E-state index in [2.05, 4.69) is 4.72 Å². The van der Waals surface area contributed by atoms with Gasteiger partial charge in [-0.3, -0.25) is 4.79 Å². The number of amides is 1. The number of benzene rings is 2.